The van der Waals surface area contributed by atoms with E-state index in [0.29, 0.717) is 0 Å². The van der Waals surface area contributed by atoms with E-state index in [1.54, 1.807) is 0 Å². The molecule has 0 saturated heterocycles. The quantitative estimate of drug-likeness (QED) is 0.511. The fourth-order valence-corrected chi connectivity index (χ4v) is 1.53. The molecule has 0 saturated carbocycles. The summed E-state index contributed by atoms with van der Waals surface area (Å²) in [6.07, 6.45) is 9.73. The second-order valence-electron chi connectivity index (χ2n) is 3.31. The van der Waals surface area contributed by atoms with Crippen molar-refractivity contribution in [3.63, 3.8) is 0 Å². The molecule has 0 aromatic heterocycles. The molecule has 0 aromatic carbocycles. The fraction of sp³-hybridized carbons (Fsp3) is 0.600. The molecule has 0 fully saturated rings. The molecule has 0 bridgehead atoms. The van der Waals surface area contributed by atoms with E-state index in [1.807, 2.05) is 0 Å². The van der Waals surface area contributed by atoms with Crippen LogP contribution in [0.1, 0.15) is 32.6 Å². The monoisotopic (exact) mass is 136 g/mol. The van der Waals surface area contributed by atoms with Gasteiger partial charge in [0.15, 0.2) is 0 Å². The molecule has 1 unspecified atom stereocenters. The Bertz CT molecular complexity index is 142. The van der Waals surface area contributed by atoms with Gasteiger partial charge in [0.25, 0.3) is 0 Å². The second kappa shape index (κ2) is 3.60. The van der Waals surface area contributed by atoms with Crippen LogP contribution < -0.4 is 0 Å². The molecule has 1 aliphatic carbocycles. The molecule has 0 aromatic rings. The maximum absolute atomic E-state index is 3.93. The SMILES string of the molecule is C=C(C)CC1CC=CCC1. The van der Waals surface area contributed by atoms with Crippen LogP contribution in [0.5, 0.6) is 0 Å². The molecule has 1 atom stereocenters. The predicted molar refractivity (Wildman–Crippen MR) is 45.9 cm³/mol. The van der Waals surface area contributed by atoms with Gasteiger partial charge in [-0.25, -0.2) is 0 Å². The Kier molecular flexibility index (Phi) is 2.73. The molecule has 10 heavy (non-hydrogen) atoms. The molecule has 56 valence electrons. The van der Waals surface area contributed by atoms with Crippen molar-refractivity contribution in [1.29, 1.82) is 0 Å². The van der Waals surface area contributed by atoms with Crippen LogP contribution >= 0.6 is 0 Å². The van der Waals surface area contributed by atoms with Crippen molar-refractivity contribution in [3.05, 3.63) is 24.3 Å². The van der Waals surface area contributed by atoms with E-state index in [9.17, 15) is 0 Å². The summed E-state index contributed by atoms with van der Waals surface area (Å²) in [6.45, 7) is 6.05. The van der Waals surface area contributed by atoms with Crippen molar-refractivity contribution >= 4 is 0 Å². The fourth-order valence-electron chi connectivity index (χ4n) is 1.53. The number of allylic oxidation sites excluding steroid dienone is 3. The van der Waals surface area contributed by atoms with Gasteiger partial charge in [-0.3, -0.25) is 0 Å². The molecule has 0 nitrogen and oxygen atoms in total. The van der Waals surface area contributed by atoms with Crippen LogP contribution in [0, 0.1) is 5.92 Å². The lowest BCUT2D eigenvalue weighted by atomic mass is 9.89. The van der Waals surface area contributed by atoms with E-state index < -0.39 is 0 Å². The summed E-state index contributed by atoms with van der Waals surface area (Å²) < 4.78 is 0. The Labute approximate surface area is 63.6 Å². The maximum atomic E-state index is 3.93. The third-order valence-corrected chi connectivity index (χ3v) is 2.01. The predicted octanol–water partition coefficient (Wildman–Crippen LogP) is 3.31. The van der Waals surface area contributed by atoms with Gasteiger partial charge in [0.05, 0.1) is 0 Å². The van der Waals surface area contributed by atoms with E-state index in [1.165, 1.54) is 31.3 Å². The largest absolute Gasteiger partial charge is 0.100 e. The summed E-state index contributed by atoms with van der Waals surface area (Å²) in [4.78, 5) is 0. The topological polar surface area (TPSA) is 0 Å². The molecule has 0 heteroatoms. The Morgan fingerprint density at radius 1 is 1.60 bits per heavy atom. The highest BCUT2D eigenvalue weighted by Crippen LogP contribution is 2.23. The minimum absolute atomic E-state index is 0.891. The molecule has 0 N–H and O–H groups in total. The van der Waals surface area contributed by atoms with Crippen molar-refractivity contribution in [3.8, 4) is 0 Å². The van der Waals surface area contributed by atoms with Crippen LogP contribution in [0.25, 0.3) is 0 Å². The van der Waals surface area contributed by atoms with Gasteiger partial charge in [-0.05, 0) is 38.5 Å². The summed E-state index contributed by atoms with van der Waals surface area (Å²) >= 11 is 0. The second-order valence-corrected chi connectivity index (χ2v) is 3.31. The minimum Gasteiger partial charge on any atom is -0.100 e. The van der Waals surface area contributed by atoms with Gasteiger partial charge >= 0.3 is 0 Å². The summed E-state index contributed by atoms with van der Waals surface area (Å²) in [6, 6.07) is 0. The molecule has 0 radical (unpaired) electrons. The molecule has 0 spiro atoms. The lowest BCUT2D eigenvalue weighted by molar-refractivity contribution is 0.476. The molecule has 1 rings (SSSR count). The third-order valence-electron chi connectivity index (χ3n) is 2.01. The lowest BCUT2D eigenvalue weighted by Crippen LogP contribution is -2.02. The molecular weight excluding hydrogens is 120 g/mol. The average molecular weight is 136 g/mol. The van der Waals surface area contributed by atoms with Gasteiger partial charge in [0, 0.05) is 0 Å². The molecular formula is C10H16. The third kappa shape index (κ3) is 2.38. The van der Waals surface area contributed by atoms with Crippen LogP contribution in [0.15, 0.2) is 24.3 Å². The first-order valence-electron chi connectivity index (χ1n) is 4.08. The van der Waals surface area contributed by atoms with E-state index >= 15 is 0 Å². The standard InChI is InChI=1S/C10H16/c1-9(2)8-10-6-4-3-5-7-10/h3-4,10H,1,5-8H2,2H3. The maximum Gasteiger partial charge on any atom is -0.0294 e. The first kappa shape index (κ1) is 7.59. The van der Waals surface area contributed by atoms with Crippen LogP contribution in [0.3, 0.4) is 0 Å². The van der Waals surface area contributed by atoms with Gasteiger partial charge in [0.2, 0.25) is 0 Å². The molecule has 0 amide bonds. The van der Waals surface area contributed by atoms with E-state index in [2.05, 4.69) is 25.7 Å². The molecule has 0 heterocycles. The number of rotatable bonds is 2. The van der Waals surface area contributed by atoms with Crippen LogP contribution in [-0.4, -0.2) is 0 Å². The normalized spacial score (nSPS) is 24.7. The molecule has 1 aliphatic rings. The van der Waals surface area contributed by atoms with Crippen molar-refractivity contribution in [1.82, 2.24) is 0 Å². The van der Waals surface area contributed by atoms with E-state index in [4.69, 9.17) is 0 Å². The highest BCUT2D eigenvalue weighted by Gasteiger charge is 2.08. The summed E-state index contributed by atoms with van der Waals surface area (Å²) in [7, 11) is 0. The van der Waals surface area contributed by atoms with Crippen molar-refractivity contribution in [2.45, 2.75) is 32.6 Å². The van der Waals surface area contributed by atoms with Crippen molar-refractivity contribution in [2.75, 3.05) is 0 Å². The minimum atomic E-state index is 0.891. The Morgan fingerprint density at radius 3 is 2.90 bits per heavy atom. The average Bonchev–Trinajstić information content (AvgIpc) is 1.88. The summed E-state index contributed by atoms with van der Waals surface area (Å²) in [5.41, 5.74) is 1.33. The Balaban J connectivity index is 2.28. The van der Waals surface area contributed by atoms with Gasteiger partial charge in [-0.1, -0.05) is 17.7 Å². The Morgan fingerprint density at radius 2 is 2.40 bits per heavy atom. The zero-order valence-electron chi connectivity index (χ0n) is 6.77. The highest BCUT2D eigenvalue weighted by molar-refractivity contribution is 4.96. The highest BCUT2D eigenvalue weighted by atomic mass is 14.1. The first-order chi connectivity index (χ1) is 4.79. The van der Waals surface area contributed by atoms with Crippen LogP contribution in [0.4, 0.5) is 0 Å². The summed E-state index contributed by atoms with van der Waals surface area (Å²) in [5.74, 6) is 0.891. The van der Waals surface area contributed by atoms with Crippen molar-refractivity contribution < 1.29 is 0 Å². The van der Waals surface area contributed by atoms with Crippen LogP contribution in [-0.2, 0) is 0 Å². The van der Waals surface area contributed by atoms with Crippen LogP contribution in [0.2, 0.25) is 0 Å². The first-order valence-corrected chi connectivity index (χ1v) is 4.08. The number of hydrogen-bond acceptors (Lipinski definition) is 0. The molecule has 0 aliphatic heterocycles. The van der Waals surface area contributed by atoms with Crippen molar-refractivity contribution in [2.24, 2.45) is 5.92 Å². The lowest BCUT2D eigenvalue weighted by Gasteiger charge is -2.16. The van der Waals surface area contributed by atoms with Gasteiger partial charge in [0.1, 0.15) is 0 Å². The Hall–Kier alpha value is -0.520. The number of hydrogen-bond donors (Lipinski definition) is 0. The van der Waals surface area contributed by atoms with E-state index in [0.717, 1.165) is 5.92 Å². The van der Waals surface area contributed by atoms with Gasteiger partial charge in [-0.2, -0.15) is 0 Å². The van der Waals surface area contributed by atoms with Gasteiger partial charge in [-0.15, -0.1) is 6.58 Å². The van der Waals surface area contributed by atoms with E-state index in [-0.39, 0.29) is 0 Å². The smallest absolute Gasteiger partial charge is 0.0294 e. The zero-order valence-corrected chi connectivity index (χ0v) is 6.77. The van der Waals surface area contributed by atoms with Gasteiger partial charge < -0.3 is 0 Å². The zero-order chi connectivity index (χ0) is 7.40. The summed E-state index contributed by atoms with van der Waals surface area (Å²) in [5, 5.41) is 0.